The summed E-state index contributed by atoms with van der Waals surface area (Å²) in [5.41, 5.74) is 0.882. The Labute approximate surface area is 112 Å². The molecule has 0 radical (unpaired) electrons. The lowest BCUT2D eigenvalue weighted by Crippen LogP contribution is -2.35. The third-order valence-corrected chi connectivity index (χ3v) is 2.80. The molecule has 0 aliphatic carbocycles. The average Bonchev–Trinajstić information content (AvgIpc) is 2.38. The zero-order chi connectivity index (χ0) is 12.3. The van der Waals surface area contributed by atoms with Crippen molar-refractivity contribution in [3.63, 3.8) is 0 Å². The number of ether oxygens (including phenoxy) is 3. The van der Waals surface area contributed by atoms with Crippen LogP contribution in [0.1, 0.15) is 11.6 Å². The fourth-order valence-electron chi connectivity index (χ4n) is 2.02. The van der Waals surface area contributed by atoms with Gasteiger partial charge in [-0.15, -0.1) is 12.4 Å². The van der Waals surface area contributed by atoms with Crippen molar-refractivity contribution >= 4 is 12.4 Å². The molecular weight excluding hydrogens is 258 g/mol. The fourth-order valence-corrected chi connectivity index (χ4v) is 2.02. The lowest BCUT2D eigenvalue weighted by molar-refractivity contribution is 0.0751. The minimum Gasteiger partial charge on any atom is -0.508 e. The van der Waals surface area contributed by atoms with Gasteiger partial charge in [-0.05, 0) is 0 Å². The predicted octanol–water partition coefficient (Wildman–Crippen LogP) is 1.49. The van der Waals surface area contributed by atoms with Crippen molar-refractivity contribution in [3.05, 3.63) is 17.7 Å². The molecule has 1 fully saturated rings. The second-order valence-electron chi connectivity index (χ2n) is 3.85. The van der Waals surface area contributed by atoms with Crippen LogP contribution in [0.5, 0.6) is 17.2 Å². The molecule has 1 aliphatic heterocycles. The number of halogens is 1. The molecule has 1 heterocycles. The van der Waals surface area contributed by atoms with Crippen molar-refractivity contribution in [3.8, 4) is 17.2 Å². The van der Waals surface area contributed by atoms with E-state index in [9.17, 15) is 5.11 Å². The topological polar surface area (TPSA) is 60.0 Å². The molecule has 1 aromatic rings. The van der Waals surface area contributed by atoms with E-state index >= 15 is 0 Å². The van der Waals surface area contributed by atoms with E-state index in [2.05, 4.69) is 5.32 Å². The molecule has 0 amide bonds. The van der Waals surface area contributed by atoms with Crippen LogP contribution in [0.15, 0.2) is 12.1 Å². The Morgan fingerprint density at radius 2 is 1.89 bits per heavy atom. The number of hydrogen-bond donors (Lipinski definition) is 2. The van der Waals surface area contributed by atoms with Gasteiger partial charge in [0.25, 0.3) is 0 Å². The zero-order valence-corrected chi connectivity index (χ0v) is 11.3. The molecule has 1 aliphatic rings. The summed E-state index contributed by atoms with van der Waals surface area (Å²) in [6.45, 7) is 2.06. The molecule has 18 heavy (non-hydrogen) atoms. The maximum atomic E-state index is 9.57. The largest absolute Gasteiger partial charge is 0.508 e. The Balaban J connectivity index is 0.00000162. The molecule has 2 rings (SSSR count). The number of rotatable bonds is 3. The first kappa shape index (κ1) is 14.9. The van der Waals surface area contributed by atoms with E-state index in [0.29, 0.717) is 24.7 Å². The second kappa shape index (κ2) is 6.68. The molecule has 1 aromatic carbocycles. The van der Waals surface area contributed by atoms with Crippen LogP contribution in [0.3, 0.4) is 0 Å². The number of hydrogen-bond acceptors (Lipinski definition) is 5. The van der Waals surface area contributed by atoms with Crippen LogP contribution in [0.25, 0.3) is 0 Å². The minimum atomic E-state index is 0. The van der Waals surface area contributed by atoms with Gasteiger partial charge >= 0.3 is 0 Å². The van der Waals surface area contributed by atoms with Crippen molar-refractivity contribution in [1.82, 2.24) is 5.32 Å². The molecule has 0 spiro atoms. The molecule has 0 aromatic heterocycles. The Bertz CT molecular complexity index is 369. The van der Waals surface area contributed by atoms with Crippen LogP contribution in [0, 0.1) is 0 Å². The SMILES string of the molecule is COc1cc(O)cc(OC)c1[C@@H]1COCCN1.Cl. The third kappa shape index (κ3) is 2.98. The summed E-state index contributed by atoms with van der Waals surface area (Å²) in [4.78, 5) is 0. The van der Waals surface area contributed by atoms with E-state index in [0.717, 1.165) is 12.1 Å². The lowest BCUT2D eigenvalue weighted by atomic mass is 10.0. The van der Waals surface area contributed by atoms with Gasteiger partial charge in [0.1, 0.15) is 17.2 Å². The van der Waals surface area contributed by atoms with E-state index in [1.54, 1.807) is 26.4 Å². The highest BCUT2D eigenvalue weighted by Gasteiger charge is 2.24. The van der Waals surface area contributed by atoms with E-state index < -0.39 is 0 Å². The fraction of sp³-hybridized carbons (Fsp3) is 0.500. The van der Waals surface area contributed by atoms with Gasteiger partial charge in [0, 0.05) is 18.7 Å². The van der Waals surface area contributed by atoms with Crippen molar-refractivity contribution in [2.75, 3.05) is 34.0 Å². The molecule has 0 bridgehead atoms. The first-order chi connectivity index (χ1) is 8.26. The maximum absolute atomic E-state index is 9.57. The Kier molecular flexibility index (Phi) is 5.53. The monoisotopic (exact) mass is 275 g/mol. The Morgan fingerprint density at radius 1 is 1.28 bits per heavy atom. The summed E-state index contributed by atoms with van der Waals surface area (Å²) in [6.07, 6.45) is 0. The smallest absolute Gasteiger partial charge is 0.131 e. The van der Waals surface area contributed by atoms with Crippen LogP contribution in [0.2, 0.25) is 0 Å². The summed E-state index contributed by atoms with van der Waals surface area (Å²) in [5, 5.41) is 12.9. The summed E-state index contributed by atoms with van der Waals surface area (Å²) in [6, 6.07) is 3.18. The Morgan fingerprint density at radius 3 is 2.33 bits per heavy atom. The van der Waals surface area contributed by atoms with Gasteiger partial charge in [0.15, 0.2) is 0 Å². The highest BCUT2D eigenvalue weighted by molar-refractivity contribution is 5.85. The summed E-state index contributed by atoms with van der Waals surface area (Å²) >= 11 is 0. The van der Waals surface area contributed by atoms with Crippen molar-refractivity contribution in [1.29, 1.82) is 0 Å². The second-order valence-corrected chi connectivity index (χ2v) is 3.85. The molecule has 1 atom stereocenters. The highest BCUT2D eigenvalue weighted by Crippen LogP contribution is 2.38. The number of nitrogens with one attached hydrogen (secondary N) is 1. The molecule has 0 saturated carbocycles. The number of methoxy groups -OCH3 is 2. The standard InChI is InChI=1S/C12H17NO4.ClH/c1-15-10-5-8(14)6-11(16-2)12(10)9-7-17-4-3-13-9;/h5-6,9,13-14H,3-4,7H2,1-2H3;1H/t9-;/m0./s1. The van der Waals surface area contributed by atoms with E-state index in [1.807, 2.05) is 0 Å². The normalized spacial score (nSPS) is 18.9. The Hall–Kier alpha value is -1.17. The first-order valence-corrected chi connectivity index (χ1v) is 5.52. The van der Waals surface area contributed by atoms with Gasteiger partial charge < -0.3 is 24.6 Å². The molecule has 0 unspecified atom stereocenters. The van der Waals surface area contributed by atoms with Gasteiger partial charge in [0.2, 0.25) is 0 Å². The minimum absolute atomic E-state index is 0. The number of benzene rings is 1. The molecule has 6 heteroatoms. The summed E-state index contributed by atoms with van der Waals surface area (Å²) < 4.78 is 16.0. The molecule has 2 N–H and O–H groups in total. The quantitative estimate of drug-likeness (QED) is 0.875. The first-order valence-electron chi connectivity index (χ1n) is 5.52. The number of morpholine rings is 1. The van der Waals surface area contributed by atoms with E-state index in [4.69, 9.17) is 14.2 Å². The number of aromatic hydroxyl groups is 1. The average molecular weight is 276 g/mol. The molecule has 1 saturated heterocycles. The van der Waals surface area contributed by atoms with Crippen molar-refractivity contribution in [2.24, 2.45) is 0 Å². The molecule has 5 nitrogen and oxygen atoms in total. The van der Waals surface area contributed by atoms with Gasteiger partial charge in [-0.1, -0.05) is 0 Å². The maximum Gasteiger partial charge on any atom is 0.131 e. The van der Waals surface area contributed by atoms with Gasteiger partial charge in [0.05, 0.1) is 39.0 Å². The summed E-state index contributed by atoms with van der Waals surface area (Å²) in [7, 11) is 3.14. The van der Waals surface area contributed by atoms with Crippen LogP contribution in [-0.4, -0.2) is 39.1 Å². The van der Waals surface area contributed by atoms with E-state index in [-0.39, 0.29) is 24.2 Å². The van der Waals surface area contributed by atoms with Crippen molar-refractivity contribution < 1.29 is 19.3 Å². The van der Waals surface area contributed by atoms with Crippen LogP contribution >= 0.6 is 12.4 Å². The third-order valence-electron chi connectivity index (χ3n) is 2.80. The molecular formula is C12H18ClNO4. The van der Waals surface area contributed by atoms with Gasteiger partial charge in [-0.2, -0.15) is 0 Å². The number of phenols is 1. The summed E-state index contributed by atoms with van der Waals surface area (Å²) in [5.74, 6) is 1.33. The van der Waals surface area contributed by atoms with E-state index in [1.165, 1.54) is 0 Å². The predicted molar refractivity (Wildman–Crippen MR) is 70.0 cm³/mol. The van der Waals surface area contributed by atoms with Crippen LogP contribution < -0.4 is 14.8 Å². The zero-order valence-electron chi connectivity index (χ0n) is 10.4. The van der Waals surface area contributed by atoms with Gasteiger partial charge in [-0.3, -0.25) is 0 Å². The number of phenolic OH excluding ortho intramolecular Hbond substituents is 1. The van der Waals surface area contributed by atoms with Crippen LogP contribution in [0.4, 0.5) is 0 Å². The van der Waals surface area contributed by atoms with Gasteiger partial charge in [-0.25, -0.2) is 0 Å². The van der Waals surface area contributed by atoms with Crippen LogP contribution in [-0.2, 0) is 4.74 Å². The van der Waals surface area contributed by atoms with Crippen molar-refractivity contribution in [2.45, 2.75) is 6.04 Å². The lowest BCUT2D eigenvalue weighted by Gasteiger charge is -2.27. The molecule has 102 valence electrons. The highest BCUT2D eigenvalue weighted by atomic mass is 35.5.